The average molecular weight is 374 g/mol. The molecule has 0 bridgehead atoms. The summed E-state index contributed by atoms with van der Waals surface area (Å²) in [6.07, 6.45) is 0. The Hall–Kier alpha value is -2.87. The molecule has 1 heterocycles. The van der Waals surface area contributed by atoms with Gasteiger partial charge in [-0.1, -0.05) is 17.8 Å². The fraction of sp³-hybridized carbons (Fsp3) is 0.167. The van der Waals surface area contributed by atoms with Crippen LogP contribution in [-0.2, 0) is 0 Å². The van der Waals surface area contributed by atoms with Crippen molar-refractivity contribution >= 4 is 17.5 Å². The Kier molecular flexibility index (Phi) is 5.52. The topological polar surface area (TPSA) is 74.5 Å². The number of benzene rings is 2. The molecule has 0 amide bonds. The quantitative estimate of drug-likeness (QED) is 0.459. The molecule has 0 N–H and O–H groups in total. The highest BCUT2D eigenvalue weighted by molar-refractivity contribution is 7.99. The van der Waals surface area contributed by atoms with Gasteiger partial charge in [-0.15, -0.1) is 10.2 Å². The molecule has 0 atom stereocenters. The number of hydrogen-bond donors (Lipinski definition) is 0. The van der Waals surface area contributed by atoms with Crippen molar-refractivity contribution in [3.63, 3.8) is 0 Å². The minimum absolute atomic E-state index is 0.0777. The molecule has 3 aromatic rings. The predicted octanol–water partition coefficient (Wildman–Crippen LogP) is 3.87. The van der Waals surface area contributed by atoms with Gasteiger partial charge in [-0.2, -0.15) is 0 Å². The van der Waals surface area contributed by atoms with Crippen LogP contribution in [0.2, 0.25) is 0 Å². The first-order valence-electron chi connectivity index (χ1n) is 7.58. The van der Waals surface area contributed by atoms with E-state index >= 15 is 0 Å². The Morgan fingerprint density at radius 3 is 2.73 bits per heavy atom. The Morgan fingerprint density at radius 2 is 2.00 bits per heavy atom. The SMILES string of the molecule is COc1ccc(OC)c(C(=O)CSc2nnc(-c3cccc(F)c3)o2)c1. The lowest BCUT2D eigenvalue weighted by molar-refractivity contribution is 0.101. The largest absolute Gasteiger partial charge is 0.497 e. The fourth-order valence-electron chi connectivity index (χ4n) is 2.24. The standard InChI is InChI=1S/C18H15FN2O4S/c1-23-13-6-7-16(24-2)14(9-13)15(22)10-26-18-21-20-17(25-18)11-4-3-5-12(19)8-11/h3-9H,10H2,1-2H3. The van der Waals surface area contributed by atoms with Crippen molar-refractivity contribution in [2.75, 3.05) is 20.0 Å². The van der Waals surface area contributed by atoms with Crippen molar-refractivity contribution in [3.05, 3.63) is 53.8 Å². The predicted molar refractivity (Wildman–Crippen MR) is 94.3 cm³/mol. The zero-order chi connectivity index (χ0) is 18.5. The van der Waals surface area contributed by atoms with Crippen LogP contribution in [0.25, 0.3) is 11.5 Å². The van der Waals surface area contributed by atoms with Gasteiger partial charge in [-0.3, -0.25) is 4.79 Å². The van der Waals surface area contributed by atoms with Crippen LogP contribution >= 0.6 is 11.8 Å². The third-order valence-electron chi connectivity index (χ3n) is 3.51. The molecule has 8 heteroatoms. The van der Waals surface area contributed by atoms with Crippen LogP contribution in [0.15, 0.2) is 52.1 Å². The van der Waals surface area contributed by atoms with Crippen molar-refractivity contribution in [1.29, 1.82) is 0 Å². The van der Waals surface area contributed by atoms with E-state index in [0.717, 1.165) is 11.8 Å². The molecular weight excluding hydrogens is 359 g/mol. The Labute approximate surface area is 153 Å². The van der Waals surface area contributed by atoms with Gasteiger partial charge in [0, 0.05) is 5.56 Å². The van der Waals surface area contributed by atoms with Crippen molar-refractivity contribution in [2.24, 2.45) is 0 Å². The zero-order valence-corrected chi connectivity index (χ0v) is 14.9. The highest BCUT2D eigenvalue weighted by atomic mass is 32.2. The molecule has 6 nitrogen and oxygen atoms in total. The van der Waals surface area contributed by atoms with E-state index in [9.17, 15) is 9.18 Å². The monoisotopic (exact) mass is 374 g/mol. The Bertz CT molecular complexity index is 929. The van der Waals surface area contributed by atoms with Gasteiger partial charge in [0.1, 0.15) is 17.3 Å². The maximum Gasteiger partial charge on any atom is 0.277 e. The van der Waals surface area contributed by atoms with Crippen LogP contribution < -0.4 is 9.47 Å². The first-order valence-corrected chi connectivity index (χ1v) is 8.56. The second kappa shape index (κ2) is 8.01. The van der Waals surface area contributed by atoms with Crippen LogP contribution in [0, 0.1) is 5.82 Å². The van der Waals surface area contributed by atoms with E-state index in [-0.39, 0.29) is 22.6 Å². The molecule has 0 spiro atoms. The molecule has 3 rings (SSSR count). The van der Waals surface area contributed by atoms with E-state index in [2.05, 4.69) is 10.2 Å². The molecule has 0 saturated heterocycles. The highest BCUT2D eigenvalue weighted by Crippen LogP contribution is 2.28. The van der Waals surface area contributed by atoms with Gasteiger partial charge in [0.15, 0.2) is 5.78 Å². The van der Waals surface area contributed by atoms with E-state index in [1.807, 2.05) is 0 Å². The van der Waals surface area contributed by atoms with E-state index in [1.165, 1.54) is 26.4 Å². The second-order valence-electron chi connectivity index (χ2n) is 5.16. The first kappa shape index (κ1) is 17.9. The highest BCUT2D eigenvalue weighted by Gasteiger charge is 2.16. The van der Waals surface area contributed by atoms with E-state index in [1.54, 1.807) is 30.3 Å². The summed E-state index contributed by atoms with van der Waals surface area (Å²) in [6, 6.07) is 10.9. The minimum Gasteiger partial charge on any atom is -0.497 e. The van der Waals surface area contributed by atoms with Gasteiger partial charge in [0.05, 0.1) is 25.5 Å². The van der Waals surface area contributed by atoms with Crippen molar-refractivity contribution in [2.45, 2.75) is 5.22 Å². The molecular formula is C18H15FN2O4S. The summed E-state index contributed by atoms with van der Waals surface area (Å²) in [7, 11) is 3.02. The molecule has 0 unspecified atom stereocenters. The summed E-state index contributed by atoms with van der Waals surface area (Å²) in [4.78, 5) is 12.5. The molecule has 26 heavy (non-hydrogen) atoms. The lowest BCUT2D eigenvalue weighted by Crippen LogP contribution is -2.05. The van der Waals surface area contributed by atoms with E-state index < -0.39 is 5.82 Å². The number of carbonyl (C=O) groups is 1. The fourth-order valence-corrected chi connectivity index (χ4v) is 2.89. The lowest BCUT2D eigenvalue weighted by atomic mass is 10.1. The second-order valence-corrected chi connectivity index (χ2v) is 6.09. The number of halogens is 1. The van der Waals surface area contributed by atoms with Gasteiger partial charge < -0.3 is 13.9 Å². The van der Waals surface area contributed by atoms with Gasteiger partial charge in [-0.25, -0.2) is 4.39 Å². The molecule has 0 fully saturated rings. The van der Waals surface area contributed by atoms with E-state index in [4.69, 9.17) is 13.9 Å². The summed E-state index contributed by atoms with van der Waals surface area (Å²) in [6.45, 7) is 0. The molecule has 1 aromatic heterocycles. The number of methoxy groups -OCH3 is 2. The maximum atomic E-state index is 13.3. The number of rotatable bonds is 7. The number of thioether (sulfide) groups is 1. The number of nitrogens with zero attached hydrogens (tertiary/aromatic N) is 2. The van der Waals surface area contributed by atoms with Crippen LogP contribution in [0.5, 0.6) is 11.5 Å². The molecule has 0 radical (unpaired) electrons. The number of hydrogen-bond acceptors (Lipinski definition) is 7. The molecule has 0 saturated carbocycles. The molecule has 2 aromatic carbocycles. The summed E-state index contributed by atoms with van der Waals surface area (Å²) in [5.74, 6) is 0.728. The van der Waals surface area contributed by atoms with E-state index in [0.29, 0.717) is 22.6 Å². The summed E-state index contributed by atoms with van der Waals surface area (Å²) < 4.78 is 29.1. The molecule has 0 aliphatic rings. The van der Waals surface area contributed by atoms with Gasteiger partial charge in [-0.05, 0) is 36.4 Å². The van der Waals surface area contributed by atoms with Gasteiger partial charge >= 0.3 is 0 Å². The number of ether oxygens (including phenoxy) is 2. The molecule has 134 valence electrons. The lowest BCUT2D eigenvalue weighted by Gasteiger charge is -2.08. The van der Waals surface area contributed by atoms with Crippen LogP contribution in [-0.4, -0.2) is 36.0 Å². The smallest absolute Gasteiger partial charge is 0.277 e. The number of ketones is 1. The first-order chi connectivity index (χ1) is 12.6. The number of aromatic nitrogens is 2. The third kappa shape index (κ3) is 4.02. The normalized spacial score (nSPS) is 10.6. The Balaban J connectivity index is 1.71. The maximum absolute atomic E-state index is 13.3. The van der Waals surface area contributed by atoms with Crippen LogP contribution in [0.4, 0.5) is 4.39 Å². The molecule has 0 aliphatic heterocycles. The van der Waals surface area contributed by atoms with Crippen LogP contribution in [0.3, 0.4) is 0 Å². The number of carbonyl (C=O) groups excluding carboxylic acids is 1. The summed E-state index contributed by atoms with van der Waals surface area (Å²) in [5.41, 5.74) is 0.884. The van der Waals surface area contributed by atoms with Crippen molar-refractivity contribution < 1.29 is 23.1 Å². The van der Waals surface area contributed by atoms with Gasteiger partial charge in [0.25, 0.3) is 5.22 Å². The summed E-state index contributed by atoms with van der Waals surface area (Å²) >= 11 is 1.10. The van der Waals surface area contributed by atoms with Gasteiger partial charge in [0.2, 0.25) is 5.89 Å². The summed E-state index contributed by atoms with van der Waals surface area (Å²) in [5, 5.41) is 7.98. The van der Waals surface area contributed by atoms with Crippen LogP contribution in [0.1, 0.15) is 10.4 Å². The van der Waals surface area contributed by atoms with Crippen molar-refractivity contribution in [1.82, 2.24) is 10.2 Å². The minimum atomic E-state index is -0.393. The van der Waals surface area contributed by atoms with Crippen molar-refractivity contribution in [3.8, 4) is 23.0 Å². The third-order valence-corrected chi connectivity index (χ3v) is 4.33. The zero-order valence-electron chi connectivity index (χ0n) is 14.1. The Morgan fingerprint density at radius 1 is 1.15 bits per heavy atom. The average Bonchev–Trinajstić information content (AvgIpc) is 3.14. The number of Topliss-reactive ketones (excluding diaryl/α,β-unsaturated/α-hetero) is 1. The molecule has 0 aliphatic carbocycles.